The van der Waals surface area contributed by atoms with E-state index in [1.165, 1.54) is 5.56 Å². The molecule has 2 aromatic rings. The number of hydrogen-bond acceptors (Lipinski definition) is 2. The highest BCUT2D eigenvalue weighted by molar-refractivity contribution is 5.38. The third-order valence-electron chi connectivity index (χ3n) is 2.62. The van der Waals surface area contributed by atoms with Crippen LogP contribution < -0.4 is 5.32 Å². The molecule has 84 valence electrons. The van der Waals surface area contributed by atoms with Gasteiger partial charge in [-0.3, -0.25) is 5.10 Å². The summed E-state index contributed by atoms with van der Waals surface area (Å²) in [6.45, 7) is 2.19. The monoisotopic (exact) mass is 215 g/mol. The molecule has 0 bridgehead atoms. The molecule has 0 amide bonds. The van der Waals surface area contributed by atoms with Gasteiger partial charge in [0.05, 0.1) is 11.9 Å². The van der Waals surface area contributed by atoms with Crippen molar-refractivity contribution >= 4 is 5.69 Å². The van der Waals surface area contributed by atoms with Gasteiger partial charge in [-0.15, -0.1) is 0 Å². The van der Waals surface area contributed by atoms with Gasteiger partial charge < -0.3 is 5.32 Å². The molecule has 0 aliphatic carbocycles. The second kappa shape index (κ2) is 5.35. The number of nitrogens with zero attached hydrogens (tertiary/aromatic N) is 1. The summed E-state index contributed by atoms with van der Waals surface area (Å²) in [5, 5.41) is 10.1. The Kier molecular flexibility index (Phi) is 3.59. The highest BCUT2D eigenvalue weighted by Gasteiger charge is 2.02. The zero-order valence-electron chi connectivity index (χ0n) is 9.48. The summed E-state index contributed by atoms with van der Waals surface area (Å²) in [5.41, 5.74) is 2.45. The number of aryl methyl sites for hydroxylation is 1. The van der Waals surface area contributed by atoms with Gasteiger partial charge in [0.2, 0.25) is 0 Å². The van der Waals surface area contributed by atoms with E-state index in [4.69, 9.17) is 0 Å². The molecule has 1 aromatic heterocycles. The number of H-pyrrole nitrogens is 1. The Balaban J connectivity index is 1.78. The smallest absolute Gasteiger partial charge is 0.0725 e. The van der Waals surface area contributed by atoms with Crippen LogP contribution in [0, 0.1) is 0 Å². The minimum atomic E-state index is 0.456. The lowest BCUT2D eigenvalue weighted by Crippen LogP contribution is -2.15. The predicted octanol–water partition coefficient (Wildman–Crippen LogP) is 2.84. The number of aromatic nitrogens is 2. The standard InChI is InChI=1S/C13H17N3/c1-11(16-13-9-14-15-10-13)7-8-12-5-3-2-4-6-12/h2-6,9-11,16H,7-8H2,1H3,(H,14,15). The maximum absolute atomic E-state index is 3.91. The Labute approximate surface area is 95.9 Å². The molecule has 2 N–H and O–H groups in total. The molecular formula is C13H17N3. The van der Waals surface area contributed by atoms with Crippen LogP contribution in [0.4, 0.5) is 5.69 Å². The summed E-state index contributed by atoms with van der Waals surface area (Å²) in [4.78, 5) is 0. The Morgan fingerprint density at radius 3 is 2.81 bits per heavy atom. The molecule has 0 fully saturated rings. The SMILES string of the molecule is CC(CCc1ccccc1)Nc1cn[nH]c1. The molecule has 3 nitrogen and oxygen atoms in total. The number of hydrogen-bond donors (Lipinski definition) is 2. The molecule has 1 aromatic carbocycles. The molecular weight excluding hydrogens is 198 g/mol. The van der Waals surface area contributed by atoms with Crippen molar-refractivity contribution < 1.29 is 0 Å². The van der Waals surface area contributed by atoms with Crippen molar-refractivity contribution in [2.24, 2.45) is 0 Å². The summed E-state index contributed by atoms with van der Waals surface area (Å²) >= 11 is 0. The lowest BCUT2D eigenvalue weighted by atomic mass is 10.1. The van der Waals surface area contributed by atoms with Crippen LogP contribution in [-0.2, 0) is 6.42 Å². The Bertz CT molecular complexity index is 394. The molecule has 0 radical (unpaired) electrons. The van der Waals surface area contributed by atoms with Gasteiger partial charge >= 0.3 is 0 Å². The van der Waals surface area contributed by atoms with Gasteiger partial charge in [-0.2, -0.15) is 5.10 Å². The van der Waals surface area contributed by atoms with Gasteiger partial charge in [0.25, 0.3) is 0 Å². The Morgan fingerprint density at radius 1 is 1.31 bits per heavy atom. The maximum Gasteiger partial charge on any atom is 0.0725 e. The molecule has 0 aliphatic heterocycles. The van der Waals surface area contributed by atoms with E-state index in [2.05, 4.69) is 52.8 Å². The van der Waals surface area contributed by atoms with Gasteiger partial charge in [0.15, 0.2) is 0 Å². The van der Waals surface area contributed by atoms with Gasteiger partial charge in [-0.25, -0.2) is 0 Å². The minimum absolute atomic E-state index is 0.456. The lowest BCUT2D eigenvalue weighted by molar-refractivity contribution is 0.706. The largest absolute Gasteiger partial charge is 0.380 e. The molecule has 1 heterocycles. The van der Waals surface area contributed by atoms with Gasteiger partial charge in [0, 0.05) is 12.2 Å². The molecule has 1 atom stereocenters. The Morgan fingerprint density at radius 2 is 2.12 bits per heavy atom. The summed E-state index contributed by atoms with van der Waals surface area (Å²) in [6, 6.07) is 11.0. The average molecular weight is 215 g/mol. The van der Waals surface area contributed by atoms with E-state index in [-0.39, 0.29) is 0 Å². The Hall–Kier alpha value is -1.77. The normalized spacial score (nSPS) is 12.3. The first-order valence-corrected chi connectivity index (χ1v) is 5.64. The summed E-state index contributed by atoms with van der Waals surface area (Å²) in [5.74, 6) is 0. The average Bonchev–Trinajstić information content (AvgIpc) is 2.81. The van der Waals surface area contributed by atoms with E-state index in [1.807, 2.05) is 6.20 Å². The molecule has 0 saturated heterocycles. The zero-order chi connectivity index (χ0) is 11.2. The van der Waals surface area contributed by atoms with Crippen molar-refractivity contribution in [3.8, 4) is 0 Å². The predicted molar refractivity (Wildman–Crippen MR) is 66.4 cm³/mol. The van der Waals surface area contributed by atoms with E-state index >= 15 is 0 Å². The van der Waals surface area contributed by atoms with Crippen LogP contribution >= 0.6 is 0 Å². The van der Waals surface area contributed by atoms with Crippen LogP contribution in [-0.4, -0.2) is 16.2 Å². The fourth-order valence-corrected chi connectivity index (χ4v) is 1.71. The maximum atomic E-state index is 3.91. The molecule has 16 heavy (non-hydrogen) atoms. The second-order valence-electron chi connectivity index (χ2n) is 4.06. The van der Waals surface area contributed by atoms with Crippen molar-refractivity contribution in [2.45, 2.75) is 25.8 Å². The molecule has 0 aliphatic rings. The van der Waals surface area contributed by atoms with Gasteiger partial charge in [0.1, 0.15) is 0 Å². The number of rotatable bonds is 5. The van der Waals surface area contributed by atoms with E-state index in [0.717, 1.165) is 18.5 Å². The van der Waals surface area contributed by atoms with Crippen molar-refractivity contribution in [1.29, 1.82) is 0 Å². The highest BCUT2D eigenvalue weighted by Crippen LogP contribution is 2.09. The van der Waals surface area contributed by atoms with Crippen LogP contribution in [0.25, 0.3) is 0 Å². The summed E-state index contributed by atoms with van der Waals surface area (Å²) in [7, 11) is 0. The molecule has 3 heteroatoms. The fourth-order valence-electron chi connectivity index (χ4n) is 1.71. The van der Waals surface area contributed by atoms with Crippen LogP contribution in [0.2, 0.25) is 0 Å². The van der Waals surface area contributed by atoms with Crippen molar-refractivity contribution in [1.82, 2.24) is 10.2 Å². The minimum Gasteiger partial charge on any atom is -0.380 e. The number of benzene rings is 1. The first kappa shape index (κ1) is 10.7. The van der Waals surface area contributed by atoms with Crippen molar-refractivity contribution in [3.05, 3.63) is 48.3 Å². The van der Waals surface area contributed by atoms with E-state index < -0.39 is 0 Å². The number of anilines is 1. The second-order valence-corrected chi connectivity index (χ2v) is 4.06. The lowest BCUT2D eigenvalue weighted by Gasteiger charge is -2.13. The van der Waals surface area contributed by atoms with Gasteiger partial charge in [-0.1, -0.05) is 30.3 Å². The molecule has 0 saturated carbocycles. The number of nitrogens with one attached hydrogen (secondary N) is 2. The zero-order valence-corrected chi connectivity index (χ0v) is 9.48. The number of aromatic amines is 1. The van der Waals surface area contributed by atoms with E-state index in [0.29, 0.717) is 6.04 Å². The third-order valence-corrected chi connectivity index (χ3v) is 2.62. The first-order chi connectivity index (χ1) is 7.84. The van der Waals surface area contributed by atoms with Gasteiger partial charge in [-0.05, 0) is 25.3 Å². The fraction of sp³-hybridized carbons (Fsp3) is 0.308. The summed E-state index contributed by atoms with van der Waals surface area (Å²) in [6.07, 6.45) is 5.90. The van der Waals surface area contributed by atoms with Crippen molar-refractivity contribution in [2.75, 3.05) is 5.32 Å². The first-order valence-electron chi connectivity index (χ1n) is 5.64. The highest BCUT2D eigenvalue weighted by atomic mass is 15.1. The van der Waals surface area contributed by atoms with Crippen molar-refractivity contribution in [3.63, 3.8) is 0 Å². The topological polar surface area (TPSA) is 40.7 Å². The quantitative estimate of drug-likeness (QED) is 0.805. The van der Waals surface area contributed by atoms with Crippen LogP contribution in [0.1, 0.15) is 18.9 Å². The molecule has 1 unspecified atom stereocenters. The molecule has 0 spiro atoms. The van der Waals surface area contributed by atoms with E-state index in [9.17, 15) is 0 Å². The van der Waals surface area contributed by atoms with E-state index in [1.54, 1.807) is 6.20 Å². The third kappa shape index (κ3) is 3.12. The molecule has 2 rings (SSSR count). The summed E-state index contributed by atoms with van der Waals surface area (Å²) < 4.78 is 0. The van der Waals surface area contributed by atoms with Crippen LogP contribution in [0.15, 0.2) is 42.7 Å². The van der Waals surface area contributed by atoms with Crippen LogP contribution in [0.3, 0.4) is 0 Å². The van der Waals surface area contributed by atoms with Crippen LogP contribution in [0.5, 0.6) is 0 Å².